The number of aromatic carboxylic acids is 1. The Labute approximate surface area is 207 Å². The van der Waals surface area contributed by atoms with Crippen LogP contribution in [0.2, 0.25) is 0 Å². The van der Waals surface area contributed by atoms with E-state index in [0.29, 0.717) is 18.2 Å². The highest BCUT2D eigenvalue weighted by atomic mass is 32.2. The van der Waals surface area contributed by atoms with Gasteiger partial charge in [-0.15, -0.1) is 0 Å². The summed E-state index contributed by atoms with van der Waals surface area (Å²) in [6, 6.07) is 13.3. The van der Waals surface area contributed by atoms with Gasteiger partial charge in [0.15, 0.2) is 0 Å². The molecule has 1 heterocycles. The normalized spacial score (nSPS) is 11.6. The molecule has 0 radical (unpaired) electrons. The molecule has 2 N–H and O–H groups in total. The molecule has 2 aromatic carbocycles. The fourth-order valence-electron chi connectivity index (χ4n) is 4.05. The number of rotatable bonds is 11. The number of aryl methyl sites for hydroxylation is 2. The molecule has 0 aliphatic carbocycles. The van der Waals surface area contributed by atoms with Crippen molar-refractivity contribution in [2.45, 2.75) is 58.5 Å². The molecule has 3 aromatic rings. The third-order valence-corrected chi connectivity index (χ3v) is 6.99. The molecule has 8 nitrogen and oxygen atoms in total. The number of carboxylic acids is 1. The highest BCUT2D eigenvalue weighted by molar-refractivity contribution is 7.92. The largest absolute Gasteiger partial charge is 0.478 e. The van der Waals surface area contributed by atoms with Crippen LogP contribution < -0.4 is 9.62 Å². The molecule has 0 atom stereocenters. The van der Waals surface area contributed by atoms with Crippen LogP contribution in [0.15, 0.2) is 53.4 Å². The number of aromatic nitrogens is 2. The van der Waals surface area contributed by atoms with Gasteiger partial charge < -0.3 is 10.0 Å². The van der Waals surface area contributed by atoms with Crippen molar-refractivity contribution in [1.29, 1.82) is 0 Å². The lowest BCUT2D eigenvalue weighted by atomic mass is 10.0. The van der Waals surface area contributed by atoms with Crippen molar-refractivity contribution in [3.8, 4) is 0 Å². The minimum absolute atomic E-state index is 0.0123. The zero-order valence-corrected chi connectivity index (χ0v) is 21.8. The summed E-state index contributed by atoms with van der Waals surface area (Å²) < 4.78 is 30.2. The van der Waals surface area contributed by atoms with Crippen molar-refractivity contribution < 1.29 is 18.3 Å². The molecule has 0 amide bonds. The number of carboxylic acid groups (broad SMARTS) is 1. The van der Waals surface area contributed by atoms with Gasteiger partial charge in [0.25, 0.3) is 10.0 Å². The van der Waals surface area contributed by atoms with Crippen LogP contribution in [0.1, 0.15) is 54.5 Å². The maximum Gasteiger partial charge on any atom is 0.337 e. The van der Waals surface area contributed by atoms with Crippen molar-refractivity contribution in [1.82, 2.24) is 9.78 Å². The lowest BCUT2D eigenvalue weighted by Crippen LogP contribution is -2.22. The van der Waals surface area contributed by atoms with Crippen LogP contribution in [0, 0.1) is 12.8 Å². The van der Waals surface area contributed by atoms with Gasteiger partial charge in [0.1, 0.15) is 0 Å². The van der Waals surface area contributed by atoms with Gasteiger partial charge in [0, 0.05) is 19.3 Å². The molecule has 9 heteroatoms. The van der Waals surface area contributed by atoms with Gasteiger partial charge >= 0.3 is 5.97 Å². The summed E-state index contributed by atoms with van der Waals surface area (Å²) in [6.07, 6.45) is 1.80. The number of hydrogen-bond acceptors (Lipinski definition) is 5. The Balaban J connectivity index is 1.83. The Bertz CT molecular complexity index is 1280. The number of hydrogen-bond donors (Lipinski definition) is 2. The topological polar surface area (TPSA) is 105 Å². The molecule has 35 heavy (non-hydrogen) atoms. The average molecular weight is 499 g/mol. The molecule has 1 aromatic heterocycles. The van der Waals surface area contributed by atoms with E-state index in [1.54, 1.807) is 36.4 Å². The summed E-state index contributed by atoms with van der Waals surface area (Å²) in [5, 5.41) is 14.3. The number of benzene rings is 2. The second kappa shape index (κ2) is 10.9. The van der Waals surface area contributed by atoms with Crippen molar-refractivity contribution in [3.63, 3.8) is 0 Å². The molecule has 0 spiro atoms. The maximum atomic E-state index is 12.9. The molecule has 0 saturated heterocycles. The van der Waals surface area contributed by atoms with Crippen molar-refractivity contribution >= 4 is 27.4 Å². The van der Waals surface area contributed by atoms with Gasteiger partial charge in [0.05, 0.1) is 34.1 Å². The second-order valence-electron chi connectivity index (χ2n) is 9.24. The minimum atomic E-state index is -3.86. The third-order valence-electron chi connectivity index (χ3n) is 5.59. The smallest absolute Gasteiger partial charge is 0.337 e. The fourth-order valence-corrected chi connectivity index (χ4v) is 5.10. The fraction of sp³-hybridized carbons (Fsp3) is 0.385. The quantitative estimate of drug-likeness (QED) is 0.388. The Morgan fingerprint density at radius 1 is 1.14 bits per heavy atom. The van der Waals surface area contributed by atoms with Crippen LogP contribution in [0.4, 0.5) is 11.4 Å². The number of anilines is 2. The molecular weight excluding hydrogens is 464 g/mol. The Morgan fingerprint density at radius 3 is 2.43 bits per heavy atom. The van der Waals surface area contributed by atoms with Gasteiger partial charge in [-0.1, -0.05) is 32.9 Å². The van der Waals surface area contributed by atoms with Gasteiger partial charge in [-0.2, -0.15) is 5.10 Å². The van der Waals surface area contributed by atoms with E-state index < -0.39 is 16.0 Å². The summed E-state index contributed by atoms with van der Waals surface area (Å²) in [5.41, 5.74) is 3.64. The van der Waals surface area contributed by atoms with Crippen LogP contribution in [-0.2, 0) is 29.5 Å². The van der Waals surface area contributed by atoms with Crippen molar-refractivity contribution in [2.75, 3.05) is 16.7 Å². The average Bonchev–Trinajstić information content (AvgIpc) is 3.12. The van der Waals surface area contributed by atoms with Crippen LogP contribution >= 0.6 is 0 Å². The van der Waals surface area contributed by atoms with Gasteiger partial charge in [0.2, 0.25) is 0 Å². The van der Waals surface area contributed by atoms with E-state index in [0.717, 1.165) is 36.3 Å². The standard InChI is InChI=1S/C26H34N4O4S/c1-6-13-30-22(15-19(4)27-30)17-29(5)25-12-9-21(16-24(25)26(31)32)28-35(33,34)23-10-7-20(8-11-23)14-18(2)3/h7-12,15-16,18,28H,6,13-14,17H2,1-5H3,(H,31,32). The van der Waals surface area contributed by atoms with Crippen LogP contribution in [0.3, 0.4) is 0 Å². The SMILES string of the molecule is CCCn1nc(C)cc1CN(C)c1ccc(NS(=O)(=O)c2ccc(CC(C)C)cc2)cc1C(=O)O. The molecule has 188 valence electrons. The minimum Gasteiger partial charge on any atom is -0.478 e. The first-order valence-electron chi connectivity index (χ1n) is 11.7. The van der Waals surface area contributed by atoms with E-state index in [2.05, 4.69) is 30.6 Å². The predicted molar refractivity (Wildman–Crippen MR) is 139 cm³/mol. The Hall–Kier alpha value is -3.33. The summed E-state index contributed by atoms with van der Waals surface area (Å²) in [4.78, 5) is 14.0. The second-order valence-corrected chi connectivity index (χ2v) is 10.9. The monoisotopic (exact) mass is 498 g/mol. The lowest BCUT2D eigenvalue weighted by Gasteiger charge is -2.22. The van der Waals surface area contributed by atoms with E-state index >= 15 is 0 Å². The first-order valence-corrected chi connectivity index (χ1v) is 13.2. The first-order chi connectivity index (χ1) is 16.5. The van der Waals surface area contributed by atoms with E-state index in [9.17, 15) is 18.3 Å². The molecular formula is C26H34N4O4S. The molecule has 0 aliphatic rings. The lowest BCUT2D eigenvalue weighted by molar-refractivity contribution is 0.0697. The Morgan fingerprint density at radius 2 is 1.83 bits per heavy atom. The van der Waals surface area contributed by atoms with E-state index in [4.69, 9.17) is 0 Å². The summed E-state index contributed by atoms with van der Waals surface area (Å²) in [6.45, 7) is 9.46. The predicted octanol–water partition coefficient (Wildman–Crippen LogP) is 4.94. The number of nitrogens with zero attached hydrogens (tertiary/aromatic N) is 3. The van der Waals surface area contributed by atoms with E-state index in [1.165, 1.54) is 6.07 Å². The number of sulfonamides is 1. The highest BCUT2D eigenvalue weighted by Crippen LogP contribution is 2.27. The van der Waals surface area contributed by atoms with Crippen LogP contribution in [0.25, 0.3) is 0 Å². The van der Waals surface area contributed by atoms with E-state index in [1.807, 2.05) is 29.6 Å². The molecule has 0 aliphatic heterocycles. The highest BCUT2D eigenvalue weighted by Gasteiger charge is 2.19. The molecule has 0 bridgehead atoms. The zero-order valence-electron chi connectivity index (χ0n) is 20.9. The van der Waals surface area contributed by atoms with Crippen LogP contribution in [-0.4, -0.2) is 36.3 Å². The zero-order chi connectivity index (χ0) is 25.8. The van der Waals surface area contributed by atoms with Crippen molar-refractivity contribution in [3.05, 3.63) is 71.0 Å². The van der Waals surface area contributed by atoms with Gasteiger partial charge in [-0.3, -0.25) is 9.40 Å². The van der Waals surface area contributed by atoms with E-state index in [-0.39, 0.29) is 16.1 Å². The molecule has 0 fully saturated rings. The summed E-state index contributed by atoms with van der Waals surface area (Å²) in [7, 11) is -2.05. The van der Waals surface area contributed by atoms with Gasteiger partial charge in [-0.25, -0.2) is 13.2 Å². The van der Waals surface area contributed by atoms with Crippen molar-refractivity contribution in [2.24, 2.45) is 5.92 Å². The first kappa shape index (κ1) is 26.3. The molecule has 0 saturated carbocycles. The maximum absolute atomic E-state index is 12.9. The summed E-state index contributed by atoms with van der Waals surface area (Å²) >= 11 is 0. The molecule has 3 rings (SSSR count). The molecule has 0 unspecified atom stereocenters. The number of carbonyl (C=O) groups is 1. The third kappa shape index (κ3) is 6.63. The Kier molecular flexibility index (Phi) is 8.22. The summed E-state index contributed by atoms with van der Waals surface area (Å²) in [5.74, 6) is -0.665. The van der Waals surface area contributed by atoms with Gasteiger partial charge in [-0.05, 0) is 67.6 Å². The number of nitrogens with one attached hydrogen (secondary N) is 1. The van der Waals surface area contributed by atoms with Crippen LogP contribution in [0.5, 0.6) is 0 Å².